The first-order valence-corrected chi connectivity index (χ1v) is 7.86. The zero-order valence-corrected chi connectivity index (χ0v) is 12.5. The van der Waals surface area contributed by atoms with E-state index in [1.54, 1.807) is 0 Å². The molecule has 0 bridgehead atoms. The van der Waals surface area contributed by atoms with Crippen molar-refractivity contribution >= 4 is 17.8 Å². The van der Waals surface area contributed by atoms with Crippen molar-refractivity contribution in [3.05, 3.63) is 5.89 Å². The Balaban J connectivity index is 2.38. The quantitative estimate of drug-likeness (QED) is 0.720. The van der Waals surface area contributed by atoms with Gasteiger partial charge in [-0.25, -0.2) is 0 Å². The molecule has 0 aliphatic heterocycles. The zero-order valence-electron chi connectivity index (χ0n) is 11.7. The molecule has 0 radical (unpaired) electrons. The molecular weight excluding hydrogens is 248 g/mol. The molecule has 1 aromatic rings. The molecule has 0 aliphatic rings. The van der Waals surface area contributed by atoms with Gasteiger partial charge in [0, 0.05) is 6.54 Å². The lowest BCUT2D eigenvalue weighted by atomic mass is 10.2. The van der Waals surface area contributed by atoms with E-state index >= 15 is 0 Å². The van der Waals surface area contributed by atoms with Crippen LogP contribution in [0.2, 0.25) is 0 Å². The maximum atomic E-state index is 5.57. The van der Waals surface area contributed by atoms with Crippen molar-refractivity contribution in [2.24, 2.45) is 5.92 Å². The zero-order chi connectivity index (χ0) is 13.4. The van der Waals surface area contributed by atoms with Gasteiger partial charge >= 0.3 is 6.01 Å². The van der Waals surface area contributed by atoms with Crippen LogP contribution in [0.25, 0.3) is 0 Å². The second kappa shape index (κ2) is 8.37. The Kier molecular flexibility index (Phi) is 7.12. The molecule has 0 fully saturated rings. The van der Waals surface area contributed by atoms with Crippen molar-refractivity contribution in [2.45, 2.75) is 33.2 Å². The number of aromatic nitrogens is 2. The SMILES string of the molecule is CCCNC(C)c1nnc(NCC(C)CSC)o1. The molecule has 2 N–H and O–H groups in total. The molecule has 0 aromatic carbocycles. The van der Waals surface area contributed by atoms with Crippen LogP contribution in [0.1, 0.15) is 39.1 Å². The predicted molar refractivity (Wildman–Crippen MR) is 77.0 cm³/mol. The summed E-state index contributed by atoms with van der Waals surface area (Å²) in [6.45, 7) is 8.18. The van der Waals surface area contributed by atoms with Gasteiger partial charge < -0.3 is 15.1 Å². The van der Waals surface area contributed by atoms with Crippen LogP contribution in [0.5, 0.6) is 0 Å². The van der Waals surface area contributed by atoms with Crippen molar-refractivity contribution in [2.75, 3.05) is 30.4 Å². The average molecular weight is 272 g/mol. The Morgan fingerprint density at radius 2 is 2.11 bits per heavy atom. The second-order valence-electron chi connectivity index (χ2n) is 4.56. The summed E-state index contributed by atoms with van der Waals surface area (Å²) in [5.41, 5.74) is 0. The van der Waals surface area contributed by atoms with Crippen molar-refractivity contribution in [1.82, 2.24) is 15.5 Å². The number of hydrogen-bond donors (Lipinski definition) is 2. The fraction of sp³-hybridized carbons (Fsp3) is 0.833. The molecular formula is C12H24N4OS. The average Bonchev–Trinajstić information content (AvgIpc) is 2.82. The molecule has 0 saturated carbocycles. The van der Waals surface area contributed by atoms with Crippen LogP contribution in [-0.2, 0) is 0 Å². The standard InChI is InChI=1S/C12H24N4OS/c1-5-6-13-10(3)11-15-16-12(17-11)14-7-9(2)8-18-4/h9-10,13H,5-8H2,1-4H3,(H,14,16). The van der Waals surface area contributed by atoms with Gasteiger partial charge in [-0.3, -0.25) is 0 Å². The summed E-state index contributed by atoms with van der Waals surface area (Å²) < 4.78 is 5.57. The molecule has 5 nitrogen and oxygen atoms in total. The van der Waals surface area contributed by atoms with Crippen LogP contribution in [0, 0.1) is 5.92 Å². The number of rotatable bonds is 9. The van der Waals surface area contributed by atoms with Crippen LogP contribution in [-0.4, -0.2) is 35.3 Å². The number of anilines is 1. The highest BCUT2D eigenvalue weighted by molar-refractivity contribution is 7.98. The van der Waals surface area contributed by atoms with Crippen LogP contribution >= 0.6 is 11.8 Å². The topological polar surface area (TPSA) is 63.0 Å². The molecule has 0 amide bonds. The van der Waals surface area contributed by atoms with Crippen LogP contribution < -0.4 is 10.6 Å². The highest BCUT2D eigenvalue weighted by atomic mass is 32.2. The lowest BCUT2D eigenvalue weighted by molar-refractivity contribution is 0.422. The Labute approximate surface area is 114 Å². The maximum Gasteiger partial charge on any atom is 0.315 e. The minimum absolute atomic E-state index is 0.108. The third-order valence-electron chi connectivity index (χ3n) is 2.56. The Bertz CT molecular complexity index is 332. The molecule has 18 heavy (non-hydrogen) atoms. The van der Waals surface area contributed by atoms with Crippen molar-refractivity contribution in [1.29, 1.82) is 0 Å². The van der Waals surface area contributed by atoms with Gasteiger partial charge in [0.1, 0.15) is 0 Å². The van der Waals surface area contributed by atoms with E-state index in [1.165, 1.54) is 0 Å². The van der Waals surface area contributed by atoms with Gasteiger partial charge in [0.05, 0.1) is 6.04 Å². The summed E-state index contributed by atoms with van der Waals surface area (Å²) in [6.07, 6.45) is 3.21. The largest absolute Gasteiger partial charge is 0.406 e. The van der Waals surface area contributed by atoms with Gasteiger partial charge in [-0.2, -0.15) is 11.8 Å². The van der Waals surface area contributed by atoms with Gasteiger partial charge in [0.15, 0.2) is 0 Å². The summed E-state index contributed by atoms with van der Waals surface area (Å²) in [4.78, 5) is 0. The van der Waals surface area contributed by atoms with Crippen molar-refractivity contribution in [3.8, 4) is 0 Å². The molecule has 0 saturated heterocycles. The molecule has 6 heteroatoms. The third kappa shape index (κ3) is 5.27. The van der Waals surface area contributed by atoms with E-state index < -0.39 is 0 Å². The first-order chi connectivity index (χ1) is 8.67. The predicted octanol–water partition coefficient (Wildman–Crippen LogP) is 2.54. The van der Waals surface area contributed by atoms with Crippen LogP contribution in [0.15, 0.2) is 4.42 Å². The Morgan fingerprint density at radius 3 is 2.78 bits per heavy atom. The fourth-order valence-electron chi connectivity index (χ4n) is 1.53. The Hall–Kier alpha value is -0.750. The number of nitrogens with one attached hydrogen (secondary N) is 2. The maximum absolute atomic E-state index is 5.57. The van der Waals surface area contributed by atoms with E-state index in [9.17, 15) is 0 Å². The molecule has 1 aromatic heterocycles. The van der Waals surface area contributed by atoms with Gasteiger partial charge in [-0.05, 0) is 37.8 Å². The van der Waals surface area contributed by atoms with E-state index in [4.69, 9.17) is 4.42 Å². The number of nitrogens with zero attached hydrogens (tertiary/aromatic N) is 2. The second-order valence-corrected chi connectivity index (χ2v) is 5.47. The minimum Gasteiger partial charge on any atom is -0.406 e. The van der Waals surface area contributed by atoms with Gasteiger partial charge in [-0.1, -0.05) is 18.9 Å². The van der Waals surface area contributed by atoms with E-state index in [-0.39, 0.29) is 6.04 Å². The number of hydrogen-bond acceptors (Lipinski definition) is 6. The van der Waals surface area contributed by atoms with Gasteiger partial charge in [0.2, 0.25) is 5.89 Å². The minimum atomic E-state index is 0.108. The molecule has 0 aliphatic carbocycles. The van der Waals surface area contributed by atoms with Gasteiger partial charge in [0.25, 0.3) is 0 Å². The van der Waals surface area contributed by atoms with E-state index in [0.717, 1.165) is 25.3 Å². The normalized spacial score (nSPS) is 14.4. The molecule has 0 spiro atoms. The highest BCUT2D eigenvalue weighted by Crippen LogP contribution is 2.14. The smallest absolute Gasteiger partial charge is 0.315 e. The molecule has 104 valence electrons. The van der Waals surface area contributed by atoms with Crippen LogP contribution in [0.4, 0.5) is 6.01 Å². The van der Waals surface area contributed by atoms with E-state index in [2.05, 4.69) is 40.9 Å². The van der Waals surface area contributed by atoms with E-state index in [1.807, 2.05) is 18.7 Å². The first-order valence-electron chi connectivity index (χ1n) is 6.47. The lowest BCUT2D eigenvalue weighted by Gasteiger charge is -2.09. The van der Waals surface area contributed by atoms with Crippen molar-refractivity contribution < 1.29 is 4.42 Å². The van der Waals surface area contributed by atoms with E-state index in [0.29, 0.717) is 17.8 Å². The first kappa shape index (κ1) is 15.3. The van der Waals surface area contributed by atoms with Crippen LogP contribution in [0.3, 0.4) is 0 Å². The summed E-state index contributed by atoms with van der Waals surface area (Å²) in [5, 5.41) is 14.5. The lowest BCUT2D eigenvalue weighted by Crippen LogP contribution is -2.19. The van der Waals surface area contributed by atoms with Crippen molar-refractivity contribution in [3.63, 3.8) is 0 Å². The fourth-order valence-corrected chi connectivity index (χ4v) is 2.22. The Morgan fingerprint density at radius 1 is 1.33 bits per heavy atom. The summed E-state index contributed by atoms with van der Waals surface area (Å²) in [7, 11) is 0. The summed E-state index contributed by atoms with van der Waals surface area (Å²) in [5.74, 6) is 2.36. The molecule has 1 rings (SSSR count). The molecule has 2 atom stereocenters. The molecule has 2 unspecified atom stereocenters. The summed E-state index contributed by atoms with van der Waals surface area (Å²) >= 11 is 1.85. The molecule has 1 heterocycles. The highest BCUT2D eigenvalue weighted by Gasteiger charge is 2.13. The monoisotopic (exact) mass is 272 g/mol. The third-order valence-corrected chi connectivity index (χ3v) is 3.47. The number of thioether (sulfide) groups is 1. The van der Waals surface area contributed by atoms with Gasteiger partial charge in [-0.15, -0.1) is 5.10 Å². The summed E-state index contributed by atoms with van der Waals surface area (Å²) in [6, 6.07) is 0.625.